The standard InChI is InChI=1S/C30H57O2PS/c1-4-10-16-22-28(23-17-11-5-1)31-33(32-29-24-18-12-6-2-7-13-19-25-29)34-30-26-20-14-8-3-9-15-21-27-30/h28-30H,1-27H2. The first-order valence-electron chi connectivity index (χ1n) is 15.7. The maximum atomic E-state index is 6.99. The van der Waals surface area contributed by atoms with Crippen LogP contribution in [-0.2, 0) is 9.05 Å². The molecule has 3 aliphatic rings. The van der Waals surface area contributed by atoms with Crippen molar-refractivity contribution in [2.75, 3.05) is 0 Å². The minimum Gasteiger partial charge on any atom is -0.323 e. The van der Waals surface area contributed by atoms with Gasteiger partial charge in [0, 0.05) is 5.25 Å². The van der Waals surface area contributed by atoms with Gasteiger partial charge in [0.25, 0.3) is 0 Å². The Morgan fingerprint density at radius 1 is 0.353 bits per heavy atom. The minimum absolute atomic E-state index is 0.441. The van der Waals surface area contributed by atoms with Crippen LogP contribution in [0.3, 0.4) is 0 Å². The van der Waals surface area contributed by atoms with E-state index in [-0.39, 0.29) is 0 Å². The van der Waals surface area contributed by atoms with E-state index in [1.807, 2.05) is 0 Å². The van der Waals surface area contributed by atoms with Crippen LogP contribution in [0.1, 0.15) is 173 Å². The van der Waals surface area contributed by atoms with Crippen LogP contribution in [0.25, 0.3) is 0 Å². The molecule has 0 spiro atoms. The molecule has 0 amide bonds. The molecule has 0 radical (unpaired) electrons. The second-order valence-electron chi connectivity index (χ2n) is 11.6. The quantitative estimate of drug-likeness (QED) is 0.330. The van der Waals surface area contributed by atoms with Crippen molar-refractivity contribution in [3.8, 4) is 0 Å². The molecule has 0 aromatic carbocycles. The highest BCUT2D eigenvalue weighted by atomic mass is 32.7. The average molecular weight is 513 g/mol. The Balaban J connectivity index is 1.60. The fourth-order valence-electron chi connectivity index (χ4n) is 6.07. The van der Waals surface area contributed by atoms with Crippen molar-refractivity contribution >= 4 is 19.0 Å². The first kappa shape index (κ1) is 29.3. The monoisotopic (exact) mass is 512 g/mol. The van der Waals surface area contributed by atoms with Crippen LogP contribution in [-0.4, -0.2) is 17.5 Å². The third-order valence-corrected chi connectivity index (χ3v) is 12.2. The van der Waals surface area contributed by atoms with Crippen LogP contribution in [0.5, 0.6) is 0 Å². The van der Waals surface area contributed by atoms with Gasteiger partial charge in [-0.15, -0.1) is 0 Å². The Labute approximate surface area is 218 Å². The average Bonchev–Trinajstić information content (AvgIpc) is 2.86. The second kappa shape index (κ2) is 19.8. The maximum absolute atomic E-state index is 6.99. The Morgan fingerprint density at radius 3 is 0.941 bits per heavy atom. The van der Waals surface area contributed by atoms with E-state index < -0.39 is 7.58 Å². The lowest BCUT2D eigenvalue weighted by molar-refractivity contribution is 0.124. The summed E-state index contributed by atoms with van der Waals surface area (Å²) in [4.78, 5) is 0. The Hall–Kier alpha value is 0.700. The molecule has 0 aliphatic heterocycles. The summed E-state index contributed by atoms with van der Waals surface area (Å²) in [7, 11) is -0.820. The fourth-order valence-corrected chi connectivity index (χ4v) is 10.3. The van der Waals surface area contributed by atoms with Crippen molar-refractivity contribution in [2.24, 2.45) is 0 Å². The summed E-state index contributed by atoms with van der Waals surface area (Å²) in [6, 6.07) is 0. The first-order valence-corrected chi connectivity index (χ1v) is 18.4. The molecule has 3 aliphatic carbocycles. The molecule has 200 valence electrons. The van der Waals surface area contributed by atoms with Crippen LogP contribution < -0.4 is 0 Å². The molecular formula is C30H57O2PS. The molecule has 0 saturated heterocycles. The van der Waals surface area contributed by atoms with E-state index in [1.165, 1.54) is 173 Å². The zero-order chi connectivity index (χ0) is 23.5. The molecule has 0 bridgehead atoms. The smallest absolute Gasteiger partial charge is 0.238 e. The lowest BCUT2D eigenvalue weighted by Gasteiger charge is -2.30. The van der Waals surface area contributed by atoms with Gasteiger partial charge < -0.3 is 9.05 Å². The molecule has 3 fully saturated rings. The lowest BCUT2D eigenvalue weighted by atomic mass is 9.99. The van der Waals surface area contributed by atoms with Crippen LogP contribution >= 0.6 is 19.0 Å². The predicted molar refractivity (Wildman–Crippen MR) is 153 cm³/mol. The molecule has 0 aromatic heterocycles. The van der Waals surface area contributed by atoms with Crippen molar-refractivity contribution in [3.05, 3.63) is 0 Å². The first-order chi connectivity index (χ1) is 16.9. The highest BCUT2D eigenvalue weighted by Gasteiger charge is 2.27. The maximum Gasteiger partial charge on any atom is 0.238 e. The van der Waals surface area contributed by atoms with Crippen molar-refractivity contribution in [1.29, 1.82) is 0 Å². The molecule has 2 nitrogen and oxygen atoms in total. The predicted octanol–water partition coefficient (Wildman–Crippen LogP) is 11.7. The zero-order valence-electron chi connectivity index (χ0n) is 22.5. The van der Waals surface area contributed by atoms with E-state index in [2.05, 4.69) is 11.4 Å². The van der Waals surface area contributed by atoms with Gasteiger partial charge in [0.2, 0.25) is 7.58 Å². The van der Waals surface area contributed by atoms with E-state index >= 15 is 0 Å². The van der Waals surface area contributed by atoms with Gasteiger partial charge >= 0.3 is 0 Å². The topological polar surface area (TPSA) is 18.5 Å². The van der Waals surface area contributed by atoms with Crippen LogP contribution in [0.2, 0.25) is 0 Å². The van der Waals surface area contributed by atoms with Crippen LogP contribution in [0, 0.1) is 0 Å². The molecule has 34 heavy (non-hydrogen) atoms. The molecule has 0 N–H and O–H groups in total. The minimum atomic E-state index is -0.820. The van der Waals surface area contributed by atoms with Gasteiger partial charge in [0.15, 0.2) is 0 Å². The summed E-state index contributed by atoms with van der Waals surface area (Å²) in [5.74, 6) is 0. The number of hydrogen-bond acceptors (Lipinski definition) is 3. The van der Waals surface area contributed by atoms with Gasteiger partial charge in [-0.3, -0.25) is 0 Å². The van der Waals surface area contributed by atoms with Gasteiger partial charge in [0.05, 0.1) is 12.2 Å². The van der Waals surface area contributed by atoms with Gasteiger partial charge in [-0.25, -0.2) is 0 Å². The Kier molecular flexibility index (Phi) is 17.0. The molecule has 3 saturated carbocycles. The van der Waals surface area contributed by atoms with E-state index in [1.54, 1.807) is 0 Å². The van der Waals surface area contributed by atoms with E-state index in [0.717, 1.165) is 5.25 Å². The van der Waals surface area contributed by atoms with Crippen molar-refractivity contribution < 1.29 is 9.05 Å². The second-order valence-corrected chi connectivity index (χ2v) is 14.8. The summed E-state index contributed by atoms with van der Waals surface area (Å²) >= 11 is 2.15. The normalized spacial score (nSPS) is 25.7. The largest absolute Gasteiger partial charge is 0.323 e. The van der Waals surface area contributed by atoms with Crippen molar-refractivity contribution in [2.45, 2.75) is 191 Å². The molecule has 4 heteroatoms. The number of rotatable bonds is 6. The van der Waals surface area contributed by atoms with Gasteiger partial charge in [-0.1, -0.05) is 146 Å². The van der Waals surface area contributed by atoms with Crippen LogP contribution in [0.15, 0.2) is 0 Å². The van der Waals surface area contributed by atoms with Gasteiger partial charge in [-0.2, -0.15) is 0 Å². The van der Waals surface area contributed by atoms with Gasteiger partial charge in [-0.05, 0) is 38.5 Å². The summed E-state index contributed by atoms with van der Waals surface area (Å²) in [5.41, 5.74) is 0. The SMILES string of the molecule is C1CCCCC(OP(OC2CCCCCCCCC2)SC2CCCCCCCCC2)CCCC1. The molecule has 0 unspecified atom stereocenters. The Bertz CT molecular complexity index is 380. The van der Waals surface area contributed by atoms with E-state index in [0.29, 0.717) is 12.2 Å². The summed E-state index contributed by atoms with van der Waals surface area (Å²) in [6.45, 7) is 0. The summed E-state index contributed by atoms with van der Waals surface area (Å²) in [6.07, 6.45) is 38.3. The fraction of sp³-hybridized carbons (Fsp3) is 1.00. The molecule has 3 rings (SSSR count). The van der Waals surface area contributed by atoms with E-state index in [4.69, 9.17) is 9.05 Å². The van der Waals surface area contributed by atoms with E-state index in [9.17, 15) is 0 Å². The number of hydrogen-bond donors (Lipinski definition) is 0. The summed E-state index contributed by atoms with van der Waals surface area (Å²) < 4.78 is 14.0. The van der Waals surface area contributed by atoms with Crippen molar-refractivity contribution in [1.82, 2.24) is 0 Å². The molecule has 0 heterocycles. The zero-order valence-corrected chi connectivity index (χ0v) is 24.2. The highest BCUT2D eigenvalue weighted by Crippen LogP contribution is 2.58. The molecular weight excluding hydrogens is 455 g/mol. The Morgan fingerprint density at radius 2 is 0.618 bits per heavy atom. The molecule has 0 aromatic rings. The third-order valence-electron chi connectivity index (χ3n) is 8.36. The highest BCUT2D eigenvalue weighted by molar-refractivity contribution is 8.53. The summed E-state index contributed by atoms with van der Waals surface area (Å²) in [5, 5.41) is 0.753. The van der Waals surface area contributed by atoms with Crippen molar-refractivity contribution in [3.63, 3.8) is 0 Å². The molecule has 0 atom stereocenters. The van der Waals surface area contributed by atoms with Crippen LogP contribution in [0.4, 0.5) is 0 Å². The van der Waals surface area contributed by atoms with Gasteiger partial charge in [0.1, 0.15) is 0 Å². The lowest BCUT2D eigenvalue weighted by Crippen LogP contribution is -2.16. The third kappa shape index (κ3) is 13.9.